The Labute approximate surface area is 177 Å². The number of hydrogen-bond donors (Lipinski definition) is 1. The molecule has 156 valence electrons. The fourth-order valence-electron chi connectivity index (χ4n) is 3.30. The fraction of sp³-hybridized carbons (Fsp3) is 0.240. The van der Waals surface area contributed by atoms with E-state index < -0.39 is 0 Å². The largest absolute Gasteiger partial charge is 0.504 e. The summed E-state index contributed by atoms with van der Waals surface area (Å²) >= 11 is 0. The molecule has 1 amide bonds. The Morgan fingerprint density at radius 3 is 2.53 bits per heavy atom. The average Bonchev–Trinajstić information content (AvgIpc) is 3.22. The van der Waals surface area contributed by atoms with Gasteiger partial charge in [0.25, 0.3) is 0 Å². The first kappa shape index (κ1) is 21.2. The number of phenolic OH excluding ortho intramolecular Hbond substituents is 1. The van der Waals surface area contributed by atoms with E-state index in [1.54, 1.807) is 43.5 Å². The number of carbonyl (C=O) groups is 1. The number of nitrogens with zero attached hydrogens (tertiary/aromatic N) is 1. The molecule has 0 saturated heterocycles. The standard InChI is InChI=1S/C25H27NO4/c1-16-13-22(17(2)11-20(16)12-18(3)25(28)26(4)5)19-8-9-24(23(27)14-19)30-15-21-7-6-10-29-21/h6-14,27H,15H2,1-5H3/b18-12+. The zero-order chi connectivity index (χ0) is 21.8. The van der Waals surface area contributed by atoms with E-state index in [9.17, 15) is 9.90 Å². The summed E-state index contributed by atoms with van der Waals surface area (Å²) in [5.41, 5.74) is 5.72. The van der Waals surface area contributed by atoms with Gasteiger partial charge in [0.15, 0.2) is 11.5 Å². The van der Waals surface area contributed by atoms with Crippen molar-refractivity contribution in [2.45, 2.75) is 27.4 Å². The summed E-state index contributed by atoms with van der Waals surface area (Å²) in [7, 11) is 3.49. The first-order chi connectivity index (χ1) is 14.3. The van der Waals surface area contributed by atoms with E-state index in [-0.39, 0.29) is 18.3 Å². The molecule has 0 radical (unpaired) electrons. The van der Waals surface area contributed by atoms with Crippen LogP contribution in [0.1, 0.15) is 29.4 Å². The summed E-state index contributed by atoms with van der Waals surface area (Å²) in [6, 6.07) is 13.1. The van der Waals surface area contributed by atoms with Gasteiger partial charge in [-0.05, 0) is 78.9 Å². The van der Waals surface area contributed by atoms with E-state index in [4.69, 9.17) is 9.15 Å². The van der Waals surface area contributed by atoms with Crippen LogP contribution in [0.4, 0.5) is 0 Å². The summed E-state index contributed by atoms with van der Waals surface area (Å²) < 4.78 is 10.9. The van der Waals surface area contributed by atoms with Crippen molar-refractivity contribution in [2.75, 3.05) is 14.1 Å². The van der Waals surface area contributed by atoms with Crippen LogP contribution in [-0.2, 0) is 11.4 Å². The second-order valence-corrected chi connectivity index (χ2v) is 7.60. The number of hydrogen-bond acceptors (Lipinski definition) is 4. The zero-order valence-electron chi connectivity index (χ0n) is 18.0. The number of ether oxygens (including phenoxy) is 1. The van der Waals surface area contributed by atoms with E-state index in [0.29, 0.717) is 17.1 Å². The van der Waals surface area contributed by atoms with Crippen LogP contribution in [0, 0.1) is 13.8 Å². The third-order valence-corrected chi connectivity index (χ3v) is 4.95. The molecule has 1 N–H and O–H groups in total. The normalized spacial score (nSPS) is 11.4. The second-order valence-electron chi connectivity index (χ2n) is 7.60. The molecular formula is C25H27NO4. The van der Waals surface area contributed by atoms with Gasteiger partial charge in [-0.2, -0.15) is 0 Å². The highest BCUT2D eigenvalue weighted by Crippen LogP contribution is 2.34. The lowest BCUT2D eigenvalue weighted by atomic mass is 9.94. The molecule has 3 aromatic rings. The van der Waals surface area contributed by atoms with Crippen molar-refractivity contribution in [3.05, 3.63) is 76.8 Å². The minimum Gasteiger partial charge on any atom is -0.504 e. The molecule has 5 heteroatoms. The summed E-state index contributed by atoms with van der Waals surface area (Å²) in [6.45, 7) is 6.12. The third-order valence-electron chi connectivity index (χ3n) is 4.95. The maximum absolute atomic E-state index is 12.1. The Bertz CT molecular complexity index is 1080. The number of rotatable bonds is 6. The average molecular weight is 405 g/mol. The number of aromatic hydroxyl groups is 1. The first-order valence-electron chi connectivity index (χ1n) is 9.76. The van der Waals surface area contributed by atoms with Crippen LogP contribution in [-0.4, -0.2) is 30.0 Å². The van der Waals surface area contributed by atoms with Gasteiger partial charge in [0, 0.05) is 19.7 Å². The molecule has 0 aliphatic carbocycles. The number of benzene rings is 2. The lowest BCUT2D eigenvalue weighted by Crippen LogP contribution is -2.22. The lowest BCUT2D eigenvalue weighted by Gasteiger charge is -2.14. The molecule has 0 fully saturated rings. The highest BCUT2D eigenvalue weighted by atomic mass is 16.5. The summed E-state index contributed by atoms with van der Waals surface area (Å²) in [4.78, 5) is 13.7. The van der Waals surface area contributed by atoms with E-state index in [2.05, 4.69) is 12.1 Å². The van der Waals surface area contributed by atoms with E-state index >= 15 is 0 Å². The van der Waals surface area contributed by atoms with Gasteiger partial charge in [-0.25, -0.2) is 0 Å². The zero-order valence-corrected chi connectivity index (χ0v) is 18.0. The van der Waals surface area contributed by atoms with Crippen LogP contribution in [0.25, 0.3) is 17.2 Å². The molecular weight excluding hydrogens is 378 g/mol. The molecule has 1 heterocycles. The molecule has 0 aliphatic heterocycles. The van der Waals surface area contributed by atoms with Gasteiger partial charge in [-0.15, -0.1) is 0 Å². The molecule has 3 rings (SSSR count). The molecule has 0 aliphatic rings. The van der Waals surface area contributed by atoms with Crippen LogP contribution < -0.4 is 4.74 Å². The highest BCUT2D eigenvalue weighted by Gasteiger charge is 2.12. The summed E-state index contributed by atoms with van der Waals surface area (Å²) in [5, 5.41) is 10.4. The Kier molecular flexibility index (Phi) is 6.31. The fourth-order valence-corrected chi connectivity index (χ4v) is 3.30. The van der Waals surface area contributed by atoms with Crippen LogP contribution in [0.3, 0.4) is 0 Å². The summed E-state index contributed by atoms with van der Waals surface area (Å²) in [5.74, 6) is 1.16. The van der Waals surface area contributed by atoms with Crippen molar-refractivity contribution in [3.63, 3.8) is 0 Å². The Morgan fingerprint density at radius 2 is 1.90 bits per heavy atom. The Balaban J connectivity index is 1.85. The maximum Gasteiger partial charge on any atom is 0.248 e. The molecule has 0 bridgehead atoms. The SMILES string of the molecule is C/C(=C\c1cc(C)c(-c2ccc(OCc3ccco3)c(O)c2)cc1C)C(=O)N(C)C. The van der Waals surface area contributed by atoms with Crippen molar-refractivity contribution in [1.82, 2.24) is 4.90 Å². The second kappa shape index (κ2) is 8.91. The predicted octanol–water partition coefficient (Wildman–Crippen LogP) is 5.34. The van der Waals surface area contributed by atoms with Crippen LogP contribution in [0.15, 0.2) is 58.7 Å². The van der Waals surface area contributed by atoms with E-state index in [1.165, 1.54) is 0 Å². The van der Waals surface area contributed by atoms with Crippen molar-refractivity contribution in [1.29, 1.82) is 0 Å². The Morgan fingerprint density at radius 1 is 1.13 bits per heavy atom. The van der Waals surface area contributed by atoms with Crippen molar-refractivity contribution >= 4 is 12.0 Å². The van der Waals surface area contributed by atoms with Crippen molar-refractivity contribution in [2.24, 2.45) is 0 Å². The number of furan rings is 1. The highest BCUT2D eigenvalue weighted by molar-refractivity contribution is 5.97. The molecule has 5 nitrogen and oxygen atoms in total. The van der Waals surface area contributed by atoms with E-state index in [0.717, 1.165) is 27.8 Å². The molecule has 30 heavy (non-hydrogen) atoms. The van der Waals surface area contributed by atoms with Gasteiger partial charge in [0.1, 0.15) is 12.4 Å². The topological polar surface area (TPSA) is 62.9 Å². The number of aryl methyl sites for hydroxylation is 2. The minimum absolute atomic E-state index is 0.00816. The maximum atomic E-state index is 12.1. The van der Waals surface area contributed by atoms with Crippen molar-refractivity contribution in [3.8, 4) is 22.6 Å². The molecule has 0 unspecified atom stereocenters. The molecule has 0 spiro atoms. The molecule has 2 aromatic carbocycles. The number of carbonyl (C=O) groups excluding carboxylic acids is 1. The third kappa shape index (κ3) is 4.74. The lowest BCUT2D eigenvalue weighted by molar-refractivity contribution is -0.124. The molecule has 0 atom stereocenters. The number of phenols is 1. The van der Waals surface area contributed by atoms with Crippen LogP contribution >= 0.6 is 0 Å². The quantitative estimate of drug-likeness (QED) is 0.562. The van der Waals surface area contributed by atoms with Gasteiger partial charge in [-0.3, -0.25) is 4.79 Å². The first-order valence-corrected chi connectivity index (χ1v) is 9.76. The van der Waals surface area contributed by atoms with Gasteiger partial charge in [0.2, 0.25) is 5.91 Å². The Hall–Kier alpha value is -3.47. The van der Waals surface area contributed by atoms with Gasteiger partial charge < -0.3 is 19.2 Å². The molecule has 0 saturated carbocycles. The smallest absolute Gasteiger partial charge is 0.248 e. The number of amides is 1. The van der Waals surface area contributed by atoms with Crippen LogP contribution in [0.5, 0.6) is 11.5 Å². The predicted molar refractivity (Wildman–Crippen MR) is 118 cm³/mol. The van der Waals surface area contributed by atoms with Gasteiger partial charge >= 0.3 is 0 Å². The van der Waals surface area contributed by atoms with E-state index in [1.807, 2.05) is 39.0 Å². The van der Waals surface area contributed by atoms with Crippen molar-refractivity contribution < 1.29 is 19.1 Å². The summed E-state index contributed by atoms with van der Waals surface area (Å²) in [6.07, 6.45) is 3.50. The molecule has 1 aromatic heterocycles. The van der Waals surface area contributed by atoms with Gasteiger partial charge in [0.05, 0.1) is 6.26 Å². The number of likely N-dealkylation sites (N-methyl/N-ethyl adjacent to an activating group) is 1. The van der Waals surface area contributed by atoms with Gasteiger partial charge in [-0.1, -0.05) is 18.2 Å². The minimum atomic E-state index is -0.00816. The monoisotopic (exact) mass is 405 g/mol. The van der Waals surface area contributed by atoms with Crippen LogP contribution in [0.2, 0.25) is 0 Å².